The zero-order chi connectivity index (χ0) is 18.0. The van der Waals surface area contributed by atoms with Gasteiger partial charge >= 0.3 is 6.18 Å². The lowest BCUT2D eigenvalue weighted by Crippen LogP contribution is -2.22. The molecule has 0 radical (unpaired) electrons. The summed E-state index contributed by atoms with van der Waals surface area (Å²) in [5.41, 5.74) is 2.54. The number of anilines is 1. The quantitative estimate of drug-likeness (QED) is 0.797. The Morgan fingerprint density at radius 3 is 2.64 bits per heavy atom. The van der Waals surface area contributed by atoms with Crippen LogP contribution in [0.25, 0.3) is 0 Å². The molecule has 0 bridgehead atoms. The molecule has 0 saturated carbocycles. The van der Waals surface area contributed by atoms with Gasteiger partial charge in [-0.3, -0.25) is 4.79 Å². The highest BCUT2D eigenvalue weighted by atomic mass is 32.2. The van der Waals surface area contributed by atoms with Crippen LogP contribution >= 0.6 is 11.8 Å². The van der Waals surface area contributed by atoms with Crippen molar-refractivity contribution in [3.8, 4) is 0 Å². The van der Waals surface area contributed by atoms with Crippen LogP contribution < -0.4 is 5.32 Å². The molecular formula is C18H17F3N2OS. The van der Waals surface area contributed by atoms with Gasteiger partial charge in [0, 0.05) is 11.9 Å². The molecule has 1 atom stereocenters. The second kappa shape index (κ2) is 7.07. The Hall–Kier alpha value is -2.02. The summed E-state index contributed by atoms with van der Waals surface area (Å²) in [5, 5.41) is 2.76. The van der Waals surface area contributed by atoms with Gasteiger partial charge in [0.2, 0.25) is 5.91 Å². The van der Waals surface area contributed by atoms with Crippen molar-refractivity contribution in [2.24, 2.45) is 0 Å². The standard InChI is InChI=1S/C18H17F3N2OS/c1-11(25-16-8-6-14(10-22-16)18(19,20)21)17(24)23-15-7-5-12-3-2-4-13(12)9-15/h5-11H,2-4H2,1H3,(H,23,24)/t11-/m0/s1. The number of fused-ring (bicyclic) bond motifs is 1. The van der Waals surface area contributed by atoms with E-state index in [1.807, 2.05) is 18.2 Å². The number of carbonyl (C=O) groups is 1. The molecule has 1 aliphatic carbocycles. The molecule has 3 nitrogen and oxygen atoms in total. The third-order valence-electron chi connectivity index (χ3n) is 4.10. The van der Waals surface area contributed by atoms with Crippen LogP contribution in [0, 0.1) is 0 Å². The molecule has 1 amide bonds. The smallest absolute Gasteiger partial charge is 0.325 e. The molecule has 0 unspecified atom stereocenters. The van der Waals surface area contributed by atoms with Gasteiger partial charge in [-0.1, -0.05) is 17.8 Å². The van der Waals surface area contributed by atoms with Crippen LogP contribution in [0.2, 0.25) is 0 Å². The number of pyridine rings is 1. The minimum Gasteiger partial charge on any atom is -0.325 e. The number of nitrogens with one attached hydrogen (secondary N) is 1. The van der Waals surface area contributed by atoms with Crippen molar-refractivity contribution in [1.29, 1.82) is 0 Å². The first-order chi connectivity index (χ1) is 11.8. The first kappa shape index (κ1) is 17.8. The number of hydrogen-bond donors (Lipinski definition) is 1. The van der Waals surface area contributed by atoms with Crippen LogP contribution in [0.15, 0.2) is 41.6 Å². The number of alkyl halides is 3. The van der Waals surface area contributed by atoms with Gasteiger partial charge in [-0.15, -0.1) is 0 Å². The van der Waals surface area contributed by atoms with E-state index in [1.54, 1.807) is 6.92 Å². The molecule has 0 saturated heterocycles. The zero-order valence-corrected chi connectivity index (χ0v) is 14.4. The van der Waals surface area contributed by atoms with Crippen molar-refractivity contribution >= 4 is 23.4 Å². The van der Waals surface area contributed by atoms with Crippen molar-refractivity contribution in [2.75, 3.05) is 5.32 Å². The summed E-state index contributed by atoms with van der Waals surface area (Å²) in [5.74, 6) is -0.204. The Labute approximate surface area is 148 Å². The summed E-state index contributed by atoms with van der Waals surface area (Å²) in [7, 11) is 0. The molecule has 1 heterocycles. The van der Waals surface area contributed by atoms with Gasteiger partial charge in [0.05, 0.1) is 15.8 Å². The van der Waals surface area contributed by atoms with Gasteiger partial charge in [-0.05, 0) is 61.6 Å². The molecule has 0 fully saturated rings. The van der Waals surface area contributed by atoms with Gasteiger partial charge in [-0.25, -0.2) is 4.98 Å². The summed E-state index contributed by atoms with van der Waals surface area (Å²) < 4.78 is 37.6. The van der Waals surface area contributed by atoms with Crippen molar-refractivity contribution in [1.82, 2.24) is 4.98 Å². The maximum atomic E-state index is 12.5. The molecule has 1 aliphatic rings. The number of amides is 1. The first-order valence-electron chi connectivity index (χ1n) is 7.95. The third-order valence-corrected chi connectivity index (χ3v) is 5.15. The fourth-order valence-corrected chi connectivity index (χ4v) is 3.53. The highest BCUT2D eigenvalue weighted by molar-refractivity contribution is 8.00. The Kier molecular flexibility index (Phi) is 5.03. The van der Waals surface area contributed by atoms with E-state index in [4.69, 9.17) is 0 Å². The minimum absolute atomic E-state index is 0.204. The lowest BCUT2D eigenvalue weighted by molar-refractivity contribution is -0.137. The Balaban J connectivity index is 1.61. The molecule has 25 heavy (non-hydrogen) atoms. The number of aromatic nitrogens is 1. The molecule has 132 valence electrons. The van der Waals surface area contributed by atoms with E-state index in [2.05, 4.69) is 10.3 Å². The van der Waals surface area contributed by atoms with E-state index in [0.717, 1.165) is 49.0 Å². The molecular weight excluding hydrogens is 349 g/mol. The van der Waals surface area contributed by atoms with Crippen LogP contribution in [0.3, 0.4) is 0 Å². The normalized spacial score (nSPS) is 14.9. The van der Waals surface area contributed by atoms with Gasteiger partial charge in [0.1, 0.15) is 0 Å². The summed E-state index contributed by atoms with van der Waals surface area (Å²) >= 11 is 1.13. The lowest BCUT2D eigenvalue weighted by Gasteiger charge is -2.13. The number of aryl methyl sites for hydroxylation is 2. The minimum atomic E-state index is -4.41. The average molecular weight is 366 g/mol. The van der Waals surface area contributed by atoms with Gasteiger partial charge in [0.25, 0.3) is 0 Å². The largest absolute Gasteiger partial charge is 0.417 e. The molecule has 7 heteroatoms. The van der Waals surface area contributed by atoms with Crippen molar-refractivity contribution < 1.29 is 18.0 Å². The third kappa shape index (κ3) is 4.34. The second-order valence-electron chi connectivity index (χ2n) is 5.97. The molecule has 2 aromatic rings. The fraction of sp³-hybridized carbons (Fsp3) is 0.333. The van der Waals surface area contributed by atoms with E-state index in [-0.39, 0.29) is 5.91 Å². The summed E-state index contributed by atoms with van der Waals surface area (Å²) in [6, 6.07) is 8.17. The van der Waals surface area contributed by atoms with E-state index in [0.29, 0.717) is 5.03 Å². The summed E-state index contributed by atoms with van der Waals surface area (Å²) in [6.45, 7) is 1.70. The van der Waals surface area contributed by atoms with E-state index in [9.17, 15) is 18.0 Å². The highest BCUT2D eigenvalue weighted by Crippen LogP contribution is 2.31. The van der Waals surface area contributed by atoms with Crippen LogP contribution in [0.1, 0.15) is 30.0 Å². The predicted molar refractivity (Wildman–Crippen MR) is 91.7 cm³/mol. The average Bonchev–Trinajstić information content (AvgIpc) is 3.02. The van der Waals surface area contributed by atoms with E-state index >= 15 is 0 Å². The number of rotatable bonds is 4. The van der Waals surface area contributed by atoms with E-state index in [1.165, 1.54) is 17.2 Å². The summed E-state index contributed by atoms with van der Waals surface area (Å²) in [6.07, 6.45) is -0.382. The maximum Gasteiger partial charge on any atom is 0.417 e. The van der Waals surface area contributed by atoms with Crippen molar-refractivity contribution in [3.63, 3.8) is 0 Å². The summed E-state index contributed by atoms with van der Waals surface area (Å²) in [4.78, 5) is 16.1. The molecule has 1 aromatic heterocycles. The number of benzene rings is 1. The number of nitrogens with zero attached hydrogens (tertiary/aromatic N) is 1. The highest BCUT2D eigenvalue weighted by Gasteiger charge is 2.30. The number of carbonyl (C=O) groups excluding carboxylic acids is 1. The predicted octanol–water partition coefficient (Wildman–Crippen LogP) is 4.71. The van der Waals surface area contributed by atoms with Crippen molar-refractivity contribution in [3.05, 3.63) is 53.2 Å². The van der Waals surface area contributed by atoms with Crippen LogP contribution in [0.4, 0.5) is 18.9 Å². The number of hydrogen-bond acceptors (Lipinski definition) is 3. The molecule has 1 aromatic carbocycles. The second-order valence-corrected chi connectivity index (χ2v) is 7.33. The lowest BCUT2D eigenvalue weighted by atomic mass is 10.1. The van der Waals surface area contributed by atoms with Crippen LogP contribution in [-0.2, 0) is 23.8 Å². The fourth-order valence-electron chi connectivity index (χ4n) is 2.75. The molecule has 1 N–H and O–H groups in total. The molecule has 0 aliphatic heterocycles. The molecule has 0 spiro atoms. The van der Waals surface area contributed by atoms with Crippen molar-refractivity contribution in [2.45, 2.75) is 42.6 Å². The number of thioether (sulfide) groups is 1. The number of halogens is 3. The van der Waals surface area contributed by atoms with Gasteiger partial charge < -0.3 is 5.32 Å². The topological polar surface area (TPSA) is 42.0 Å². The van der Waals surface area contributed by atoms with Gasteiger partial charge in [-0.2, -0.15) is 13.2 Å². The van der Waals surface area contributed by atoms with E-state index < -0.39 is 17.0 Å². The first-order valence-corrected chi connectivity index (χ1v) is 8.83. The Morgan fingerprint density at radius 1 is 1.20 bits per heavy atom. The monoisotopic (exact) mass is 366 g/mol. The SMILES string of the molecule is C[C@H](Sc1ccc(C(F)(F)F)cn1)C(=O)Nc1ccc2c(c1)CCC2. The Morgan fingerprint density at radius 2 is 1.96 bits per heavy atom. The Bertz CT molecular complexity index is 775. The van der Waals surface area contributed by atoms with Gasteiger partial charge in [0.15, 0.2) is 0 Å². The maximum absolute atomic E-state index is 12.5. The zero-order valence-electron chi connectivity index (χ0n) is 13.6. The molecule has 3 rings (SSSR count). The van der Waals surface area contributed by atoms with Crippen LogP contribution in [-0.4, -0.2) is 16.1 Å². The van der Waals surface area contributed by atoms with Crippen LogP contribution in [0.5, 0.6) is 0 Å².